The van der Waals surface area contributed by atoms with Crippen LogP contribution < -0.4 is 5.73 Å². The number of nitrogens with two attached hydrogens (primary N) is 1. The molecule has 2 rings (SSSR count). The zero-order chi connectivity index (χ0) is 14.8. The third-order valence-corrected chi connectivity index (χ3v) is 5.52. The van der Waals surface area contributed by atoms with Crippen LogP contribution in [0.25, 0.3) is 0 Å². The predicted molar refractivity (Wildman–Crippen MR) is 81.0 cm³/mol. The van der Waals surface area contributed by atoms with E-state index in [2.05, 4.69) is 16.8 Å². The fourth-order valence-electron chi connectivity index (χ4n) is 2.21. The van der Waals surface area contributed by atoms with Crippen LogP contribution in [0.2, 0.25) is 0 Å². The van der Waals surface area contributed by atoms with E-state index in [0.717, 1.165) is 19.6 Å². The summed E-state index contributed by atoms with van der Waals surface area (Å²) in [6.07, 6.45) is 1.49. The quantitative estimate of drug-likeness (QED) is 0.791. The van der Waals surface area contributed by atoms with Gasteiger partial charge in [0.2, 0.25) is 10.0 Å². The lowest BCUT2D eigenvalue weighted by molar-refractivity contribution is 0.196. The van der Waals surface area contributed by atoms with Crippen molar-refractivity contribution in [3.05, 3.63) is 24.0 Å². The van der Waals surface area contributed by atoms with E-state index in [9.17, 15) is 8.42 Å². The summed E-state index contributed by atoms with van der Waals surface area (Å²) in [4.78, 5) is 6.29. The zero-order valence-electron chi connectivity index (χ0n) is 11.3. The number of sulfonamides is 1. The van der Waals surface area contributed by atoms with Gasteiger partial charge in [-0.1, -0.05) is 19.1 Å². The van der Waals surface area contributed by atoms with E-state index in [1.807, 2.05) is 0 Å². The molecule has 6 nitrogen and oxygen atoms in total. The van der Waals surface area contributed by atoms with Crippen molar-refractivity contribution in [1.82, 2.24) is 14.2 Å². The molecule has 2 N–H and O–H groups in total. The number of likely N-dealkylation sites (N-methyl/N-ethyl adjacent to an activating group) is 1. The van der Waals surface area contributed by atoms with Crippen molar-refractivity contribution in [2.75, 3.05) is 32.7 Å². The highest BCUT2D eigenvalue weighted by Gasteiger charge is 2.30. The van der Waals surface area contributed by atoms with Gasteiger partial charge < -0.3 is 10.6 Å². The molecule has 110 valence electrons. The van der Waals surface area contributed by atoms with Crippen LogP contribution in [0.15, 0.2) is 23.2 Å². The molecule has 0 bridgehead atoms. The second-order valence-corrected chi connectivity index (χ2v) is 6.90. The highest BCUT2D eigenvalue weighted by Crippen LogP contribution is 2.20. The minimum absolute atomic E-state index is 0.00336. The topological polar surface area (TPSA) is 79.5 Å². The Hall–Kier alpha value is -1.09. The first kappa shape index (κ1) is 15.3. The molecular weight excluding hydrogens is 296 g/mol. The van der Waals surface area contributed by atoms with Crippen LogP contribution in [-0.4, -0.2) is 60.3 Å². The number of aromatic nitrogens is 1. The normalized spacial score (nSPS) is 18.1. The van der Waals surface area contributed by atoms with E-state index < -0.39 is 10.0 Å². The minimum Gasteiger partial charge on any atom is -0.388 e. The lowest BCUT2D eigenvalue weighted by Gasteiger charge is -2.33. The van der Waals surface area contributed by atoms with Crippen molar-refractivity contribution in [2.45, 2.75) is 11.8 Å². The number of hydrogen-bond donors (Lipinski definition) is 1. The van der Waals surface area contributed by atoms with Gasteiger partial charge in [-0.3, -0.25) is 4.98 Å². The Bertz CT molecular complexity index is 595. The third-order valence-electron chi connectivity index (χ3n) is 3.40. The maximum Gasteiger partial charge on any atom is 0.245 e. The van der Waals surface area contributed by atoms with Crippen molar-refractivity contribution >= 4 is 27.2 Å². The molecule has 0 atom stereocenters. The molecular formula is C12H18N4O2S2. The fourth-order valence-corrected chi connectivity index (χ4v) is 4.02. The molecule has 8 heteroatoms. The molecule has 0 unspecified atom stereocenters. The monoisotopic (exact) mass is 314 g/mol. The van der Waals surface area contributed by atoms with Crippen LogP contribution >= 0.6 is 12.2 Å². The number of pyridine rings is 1. The van der Waals surface area contributed by atoms with Crippen molar-refractivity contribution in [1.29, 1.82) is 0 Å². The van der Waals surface area contributed by atoms with Crippen LogP contribution in [-0.2, 0) is 10.0 Å². The van der Waals surface area contributed by atoms with Gasteiger partial charge in [0.15, 0.2) is 0 Å². The van der Waals surface area contributed by atoms with Crippen molar-refractivity contribution < 1.29 is 8.42 Å². The van der Waals surface area contributed by atoms with Gasteiger partial charge in [-0.05, 0) is 18.7 Å². The fraction of sp³-hybridized carbons (Fsp3) is 0.500. The van der Waals surface area contributed by atoms with Gasteiger partial charge in [0.25, 0.3) is 0 Å². The Kier molecular flexibility index (Phi) is 4.69. The summed E-state index contributed by atoms with van der Waals surface area (Å²) in [5.41, 5.74) is 5.73. The number of thiocarbonyl (C=S) groups is 1. The molecule has 0 aliphatic carbocycles. The van der Waals surface area contributed by atoms with E-state index in [1.165, 1.54) is 16.6 Å². The molecule has 20 heavy (non-hydrogen) atoms. The second kappa shape index (κ2) is 6.13. The molecule has 0 radical (unpaired) electrons. The molecule has 1 aliphatic rings. The van der Waals surface area contributed by atoms with Gasteiger partial charge in [0.1, 0.15) is 15.6 Å². The maximum absolute atomic E-state index is 12.7. The summed E-state index contributed by atoms with van der Waals surface area (Å²) in [7, 11) is -3.59. The van der Waals surface area contributed by atoms with Gasteiger partial charge in [-0.25, -0.2) is 8.42 Å². The average Bonchev–Trinajstić information content (AvgIpc) is 2.47. The van der Waals surface area contributed by atoms with Crippen LogP contribution in [0.4, 0.5) is 0 Å². The molecule has 0 aromatic carbocycles. The molecule has 1 aromatic heterocycles. The van der Waals surface area contributed by atoms with Gasteiger partial charge in [0.05, 0.1) is 0 Å². The molecule has 1 saturated heterocycles. The van der Waals surface area contributed by atoms with Crippen molar-refractivity contribution in [3.8, 4) is 0 Å². The molecule has 2 heterocycles. The molecule has 1 aromatic rings. The summed E-state index contributed by atoms with van der Waals surface area (Å²) in [6, 6.07) is 3.08. The van der Waals surface area contributed by atoms with Gasteiger partial charge in [-0.2, -0.15) is 4.31 Å². The maximum atomic E-state index is 12.7. The van der Waals surface area contributed by atoms with E-state index in [0.29, 0.717) is 13.1 Å². The second-order valence-electron chi connectivity index (χ2n) is 4.55. The summed E-state index contributed by atoms with van der Waals surface area (Å²) in [5.74, 6) is 0. The Labute approximate surface area is 124 Å². The summed E-state index contributed by atoms with van der Waals surface area (Å²) >= 11 is 4.88. The number of hydrogen-bond acceptors (Lipinski definition) is 5. The Balaban J connectivity index is 2.30. The molecule has 1 aliphatic heterocycles. The average molecular weight is 314 g/mol. The Morgan fingerprint density at radius 3 is 2.60 bits per heavy atom. The van der Waals surface area contributed by atoms with E-state index in [-0.39, 0.29) is 15.6 Å². The third kappa shape index (κ3) is 2.98. The lowest BCUT2D eigenvalue weighted by atomic mass is 10.3. The van der Waals surface area contributed by atoms with E-state index in [1.54, 1.807) is 6.07 Å². The zero-order valence-corrected chi connectivity index (χ0v) is 13.0. The van der Waals surface area contributed by atoms with Crippen LogP contribution in [0.3, 0.4) is 0 Å². The first-order valence-electron chi connectivity index (χ1n) is 6.44. The summed E-state index contributed by atoms with van der Waals surface area (Å²) < 4.78 is 26.8. The SMILES string of the molecule is CCN1CCN(S(=O)(=O)c2cccnc2C(N)=S)CC1. The van der Waals surface area contributed by atoms with Gasteiger partial charge >= 0.3 is 0 Å². The minimum atomic E-state index is -3.59. The van der Waals surface area contributed by atoms with Crippen LogP contribution in [0.1, 0.15) is 12.6 Å². The number of piperazine rings is 1. The lowest BCUT2D eigenvalue weighted by Crippen LogP contribution is -2.48. The predicted octanol–water partition coefficient (Wildman–Crippen LogP) is 0.0420. The summed E-state index contributed by atoms with van der Waals surface area (Å²) in [6.45, 7) is 5.41. The largest absolute Gasteiger partial charge is 0.388 e. The highest BCUT2D eigenvalue weighted by atomic mass is 32.2. The Morgan fingerprint density at radius 2 is 2.05 bits per heavy atom. The van der Waals surface area contributed by atoms with Gasteiger partial charge in [-0.15, -0.1) is 0 Å². The van der Waals surface area contributed by atoms with E-state index in [4.69, 9.17) is 18.0 Å². The van der Waals surface area contributed by atoms with Crippen LogP contribution in [0.5, 0.6) is 0 Å². The summed E-state index contributed by atoms with van der Waals surface area (Å²) in [5, 5.41) is 0. The highest BCUT2D eigenvalue weighted by molar-refractivity contribution is 7.89. The van der Waals surface area contributed by atoms with Gasteiger partial charge in [0, 0.05) is 32.4 Å². The first-order chi connectivity index (χ1) is 9.46. The molecule has 1 fully saturated rings. The Morgan fingerprint density at radius 1 is 1.40 bits per heavy atom. The van der Waals surface area contributed by atoms with Crippen LogP contribution in [0, 0.1) is 0 Å². The number of rotatable bonds is 4. The molecule has 0 saturated carbocycles. The van der Waals surface area contributed by atoms with Crippen molar-refractivity contribution in [3.63, 3.8) is 0 Å². The molecule has 0 spiro atoms. The van der Waals surface area contributed by atoms with E-state index >= 15 is 0 Å². The first-order valence-corrected chi connectivity index (χ1v) is 8.29. The number of nitrogens with zero attached hydrogens (tertiary/aromatic N) is 3. The standard InChI is InChI=1S/C12H18N4O2S2/c1-2-15-6-8-16(9-7-15)20(17,18)10-4-3-5-14-11(10)12(13)19/h3-5H,2,6-9H2,1H3,(H2,13,19). The molecule has 0 amide bonds. The smallest absolute Gasteiger partial charge is 0.245 e. The van der Waals surface area contributed by atoms with Crippen molar-refractivity contribution in [2.24, 2.45) is 5.73 Å².